The van der Waals surface area contributed by atoms with Crippen molar-refractivity contribution in [2.75, 3.05) is 39.1 Å². The molecule has 112 valence electrons. The van der Waals surface area contributed by atoms with Gasteiger partial charge in [0, 0.05) is 19.6 Å². The molecule has 0 atom stereocenters. The van der Waals surface area contributed by atoms with Crippen molar-refractivity contribution < 1.29 is 14.0 Å². The molecule has 6 nitrogen and oxygen atoms in total. The van der Waals surface area contributed by atoms with Gasteiger partial charge in [-0.25, -0.2) is 0 Å². The highest BCUT2D eigenvalue weighted by atomic mass is 16.5. The van der Waals surface area contributed by atoms with Crippen LogP contribution in [0.3, 0.4) is 0 Å². The van der Waals surface area contributed by atoms with E-state index in [-0.39, 0.29) is 0 Å². The predicted octanol–water partition coefficient (Wildman–Crippen LogP) is 1.76. The molecule has 0 unspecified atom stereocenters. The van der Waals surface area contributed by atoms with Gasteiger partial charge in [-0.2, -0.15) is 0 Å². The minimum absolute atomic E-state index is 0.350. The Morgan fingerprint density at radius 3 is 2.62 bits per heavy atom. The first-order valence-electron chi connectivity index (χ1n) is 6.96. The van der Waals surface area contributed by atoms with Gasteiger partial charge in [0.25, 0.3) is 0 Å². The molecule has 0 aliphatic carbocycles. The van der Waals surface area contributed by atoms with E-state index in [0.717, 1.165) is 48.9 Å². The standard InChI is InChI=1S/C15H19N3O3/c1-19-12-4-2-11(3-5-12)14-13(17-21-15(14)16)10-18-6-8-20-9-7-18/h2-5H,6-10,16H2,1H3. The van der Waals surface area contributed by atoms with Crippen molar-refractivity contribution in [3.05, 3.63) is 30.0 Å². The predicted molar refractivity (Wildman–Crippen MR) is 79.0 cm³/mol. The lowest BCUT2D eigenvalue weighted by molar-refractivity contribution is 0.0333. The Bertz CT molecular complexity index is 589. The Hall–Kier alpha value is -2.05. The summed E-state index contributed by atoms with van der Waals surface area (Å²) in [6.07, 6.45) is 0. The monoisotopic (exact) mass is 289 g/mol. The average Bonchev–Trinajstić information content (AvgIpc) is 2.89. The Morgan fingerprint density at radius 2 is 1.95 bits per heavy atom. The van der Waals surface area contributed by atoms with Gasteiger partial charge >= 0.3 is 0 Å². The molecule has 0 bridgehead atoms. The second-order valence-corrected chi connectivity index (χ2v) is 4.99. The molecule has 0 saturated carbocycles. The van der Waals surface area contributed by atoms with Gasteiger partial charge in [-0.1, -0.05) is 17.3 Å². The summed E-state index contributed by atoms with van der Waals surface area (Å²) in [6.45, 7) is 4.02. The molecule has 2 N–H and O–H groups in total. The van der Waals surface area contributed by atoms with E-state index >= 15 is 0 Å². The number of ether oxygens (including phenoxy) is 2. The number of hydrogen-bond donors (Lipinski definition) is 1. The summed E-state index contributed by atoms with van der Waals surface area (Å²) in [4.78, 5) is 2.29. The van der Waals surface area contributed by atoms with Gasteiger partial charge in [0.05, 0.1) is 25.9 Å². The summed E-state index contributed by atoms with van der Waals surface area (Å²) in [5.74, 6) is 1.16. The molecular weight excluding hydrogens is 270 g/mol. The number of rotatable bonds is 4. The Kier molecular flexibility index (Phi) is 4.08. The number of nitrogens with two attached hydrogens (primary N) is 1. The fraction of sp³-hybridized carbons (Fsp3) is 0.400. The summed E-state index contributed by atoms with van der Waals surface area (Å²) in [5, 5.41) is 4.12. The van der Waals surface area contributed by atoms with Crippen LogP contribution in [0.4, 0.5) is 5.88 Å². The number of methoxy groups -OCH3 is 1. The van der Waals surface area contributed by atoms with Crippen LogP contribution in [0.2, 0.25) is 0 Å². The van der Waals surface area contributed by atoms with Gasteiger partial charge in [-0.3, -0.25) is 4.90 Å². The highest BCUT2D eigenvalue weighted by molar-refractivity contribution is 5.75. The molecule has 1 saturated heterocycles. The third kappa shape index (κ3) is 3.01. The molecule has 0 radical (unpaired) electrons. The molecule has 1 aromatic heterocycles. The molecule has 1 aliphatic heterocycles. The number of anilines is 1. The zero-order valence-corrected chi connectivity index (χ0v) is 12.0. The van der Waals surface area contributed by atoms with Crippen molar-refractivity contribution in [3.63, 3.8) is 0 Å². The van der Waals surface area contributed by atoms with Crippen LogP contribution in [0, 0.1) is 0 Å². The van der Waals surface area contributed by atoms with Crippen molar-refractivity contribution in [1.29, 1.82) is 0 Å². The van der Waals surface area contributed by atoms with Crippen molar-refractivity contribution in [3.8, 4) is 16.9 Å². The van der Waals surface area contributed by atoms with Crippen molar-refractivity contribution >= 4 is 5.88 Å². The van der Waals surface area contributed by atoms with Crippen LogP contribution in [0.1, 0.15) is 5.69 Å². The first-order valence-corrected chi connectivity index (χ1v) is 6.96. The third-order valence-electron chi connectivity index (χ3n) is 3.64. The summed E-state index contributed by atoms with van der Waals surface area (Å²) in [5.41, 5.74) is 8.66. The van der Waals surface area contributed by atoms with Crippen molar-refractivity contribution in [2.45, 2.75) is 6.54 Å². The molecule has 1 aromatic carbocycles. The number of nitrogens with zero attached hydrogens (tertiary/aromatic N) is 2. The van der Waals surface area contributed by atoms with Crippen LogP contribution >= 0.6 is 0 Å². The van der Waals surface area contributed by atoms with Crippen LogP contribution in [0.15, 0.2) is 28.8 Å². The largest absolute Gasteiger partial charge is 0.497 e. The Morgan fingerprint density at radius 1 is 1.24 bits per heavy atom. The number of hydrogen-bond acceptors (Lipinski definition) is 6. The first-order chi connectivity index (χ1) is 10.3. The number of morpholine rings is 1. The second kappa shape index (κ2) is 6.15. The van der Waals surface area contributed by atoms with Gasteiger partial charge in [0.15, 0.2) is 0 Å². The summed E-state index contributed by atoms with van der Waals surface area (Å²) >= 11 is 0. The quantitative estimate of drug-likeness (QED) is 0.924. The van der Waals surface area contributed by atoms with Crippen LogP contribution < -0.4 is 10.5 Å². The first kappa shape index (κ1) is 13.9. The SMILES string of the molecule is COc1ccc(-c2c(CN3CCOCC3)noc2N)cc1. The van der Waals surface area contributed by atoms with Crippen LogP contribution in [0.25, 0.3) is 11.1 Å². The Balaban J connectivity index is 1.85. The highest BCUT2D eigenvalue weighted by Gasteiger charge is 2.19. The molecule has 1 aliphatic rings. The van der Waals surface area contributed by atoms with Gasteiger partial charge in [-0.05, 0) is 17.7 Å². The topological polar surface area (TPSA) is 73.8 Å². The Labute approximate surface area is 123 Å². The molecule has 0 spiro atoms. The van der Waals surface area contributed by atoms with Crippen molar-refractivity contribution in [1.82, 2.24) is 10.1 Å². The molecule has 21 heavy (non-hydrogen) atoms. The lowest BCUT2D eigenvalue weighted by Gasteiger charge is -2.25. The molecule has 1 fully saturated rings. The van der Waals surface area contributed by atoms with Gasteiger partial charge in [-0.15, -0.1) is 0 Å². The number of aromatic nitrogens is 1. The van der Waals surface area contributed by atoms with E-state index in [1.807, 2.05) is 24.3 Å². The fourth-order valence-electron chi connectivity index (χ4n) is 2.48. The van der Waals surface area contributed by atoms with Crippen molar-refractivity contribution in [2.24, 2.45) is 0 Å². The summed E-state index contributed by atoms with van der Waals surface area (Å²) in [6, 6.07) is 7.73. The van der Waals surface area contributed by atoms with E-state index < -0.39 is 0 Å². The molecular formula is C15H19N3O3. The maximum absolute atomic E-state index is 5.95. The van der Waals surface area contributed by atoms with Gasteiger partial charge in [0.1, 0.15) is 11.4 Å². The molecule has 0 amide bonds. The van der Waals surface area contributed by atoms with E-state index in [4.69, 9.17) is 19.7 Å². The van der Waals surface area contributed by atoms with Crippen LogP contribution in [-0.4, -0.2) is 43.5 Å². The minimum atomic E-state index is 0.350. The lowest BCUT2D eigenvalue weighted by Crippen LogP contribution is -2.35. The molecule has 2 heterocycles. The third-order valence-corrected chi connectivity index (χ3v) is 3.64. The normalized spacial score (nSPS) is 16.0. The zero-order valence-electron chi connectivity index (χ0n) is 12.0. The number of benzene rings is 1. The van der Waals surface area contributed by atoms with E-state index in [1.165, 1.54) is 0 Å². The van der Waals surface area contributed by atoms with E-state index in [9.17, 15) is 0 Å². The smallest absolute Gasteiger partial charge is 0.230 e. The number of nitrogen functional groups attached to an aromatic ring is 1. The lowest BCUT2D eigenvalue weighted by atomic mass is 10.0. The molecule has 2 aromatic rings. The maximum Gasteiger partial charge on any atom is 0.230 e. The van der Waals surface area contributed by atoms with E-state index in [2.05, 4.69) is 10.1 Å². The van der Waals surface area contributed by atoms with Crippen LogP contribution in [-0.2, 0) is 11.3 Å². The molecule has 6 heteroatoms. The van der Waals surface area contributed by atoms with E-state index in [1.54, 1.807) is 7.11 Å². The van der Waals surface area contributed by atoms with E-state index in [0.29, 0.717) is 12.4 Å². The van der Waals surface area contributed by atoms with Crippen LogP contribution in [0.5, 0.6) is 5.75 Å². The highest BCUT2D eigenvalue weighted by Crippen LogP contribution is 2.31. The summed E-state index contributed by atoms with van der Waals surface area (Å²) < 4.78 is 15.7. The average molecular weight is 289 g/mol. The summed E-state index contributed by atoms with van der Waals surface area (Å²) in [7, 11) is 1.65. The maximum atomic E-state index is 5.95. The molecule has 3 rings (SSSR count). The van der Waals surface area contributed by atoms with Gasteiger partial charge < -0.3 is 19.7 Å². The zero-order chi connectivity index (χ0) is 14.7. The fourth-order valence-corrected chi connectivity index (χ4v) is 2.48. The second-order valence-electron chi connectivity index (χ2n) is 4.99. The van der Waals surface area contributed by atoms with Gasteiger partial charge in [0.2, 0.25) is 5.88 Å². The minimum Gasteiger partial charge on any atom is -0.497 e.